The third-order valence-electron chi connectivity index (χ3n) is 2.20. The van der Waals surface area contributed by atoms with Crippen molar-refractivity contribution in [2.45, 2.75) is 0 Å². The molecule has 0 aliphatic carbocycles. The van der Waals surface area contributed by atoms with Crippen LogP contribution in [0.15, 0.2) is 30.5 Å². The molecule has 17 heavy (non-hydrogen) atoms. The second-order valence-corrected chi connectivity index (χ2v) is 3.29. The van der Waals surface area contributed by atoms with Gasteiger partial charge in [-0.3, -0.25) is 0 Å². The predicted molar refractivity (Wildman–Crippen MR) is 52.6 cm³/mol. The molecule has 0 spiro atoms. The maximum atomic E-state index is 13.4. The minimum Gasteiger partial charge on any atom is -0.477 e. The molecule has 0 aliphatic rings. The van der Waals surface area contributed by atoms with Crippen LogP contribution in [0.1, 0.15) is 10.5 Å². The molecule has 1 heterocycles. The molecule has 3 nitrogen and oxygen atoms in total. The van der Waals surface area contributed by atoms with Crippen LogP contribution >= 0.6 is 0 Å². The Morgan fingerprint density at radius 2 is 1.94 bits per heavy atom. The van der Waals surface area contributed by atoms with Crippen molar-refractivity contribution in [3.63, 3.8) is 0 Å². The highest BCUT2D eigenvalue weighted by Gasteiger charge is 2.17. The molecule has 2 aromatic rings. The van der Waals surface area contributed by atoms with E-state index in [2.05, 4.69) is 0 Å². The number of benzene rings is 1. The number of hydrogen-bond donors (Lipinski definition) is 1. The van der Waals surface area contributed by atoms with Crippen LogP contribution in [0.2, 0.25) is 0 Å². The monoisotopic (exact) mass is 241 g/mol. The summed E-state index contributed by atoms with van der Waals surface area (Å²) in [6.45, 7) is 0. The standard InChI is InChI=1S/C11H6F3NO2/c12-6-4-7(13)10(14)9(5-6)15-3-1-2-8(15)11(16)17/h1-5H,(H,16,17). The fourth-order valence-electron chi connectivity index (χ4n) is 1.48. The first-order valence-corrected chi connectivity index (χ1v) is 4.56. The molecule has 0 amide bonds. The lowest BCUT2D eigenvalue weighted by atomic mass is 10.2. The second-order valence-electron chi connectivity index (χ2n) is 3.29. The minimum atomic E-state index is -1.37. The molecule has 0 saturated carbocycles. The lowest BCUT2D eigenvalue weighted by molar-refractivity contribution is 0.0688. The molecule has 0 fully saturated rings. The highest BCUT2D eigenvalue weighted by Crippen LogP contribution is 2.20. The van der Waals surface area contributed by atoms with Crippen LogP contribution in [-0.4, -0.2) is 15.6 Å². The van der Waals surface area contributed by atoms with Crippen molar-refractivity contribution in [1.82, 2.24) is 4.57 Å². The van der Waals surface area contributed by atoms with Crippen LogP contribution in [0.5, 0.6) is 0 Å². The summed E-state index contributed by atoms with van der Waals surface area (Å²) in [6.07, 6.45) is 1.21. The normalized spacial score (nSPS) is 10.5. The Morgan fingerprint density at radius 3 is 2.59 bits per heavy atom. The predicted octanol–water partition coefficient (Wildman–Crippen LogP) is 2.59. The van der Waals surface area contributed by atoms with Gasteiger partial charge in [0.2, 0.25) is 0 Å². The van der Waals surface area contributed by atoms with Crippen LogP contribution in [0.4, 0.5) is 13.2 Å². The van der Waals surface area contributed by atoms with Gasteiger partial charge in [0.25, 0.3) is 0 Å². The largest absolute Gasteiger partial charge is 0.477 e. The first-order valence-electron chi connectivity index (χ1n) is 4.56. The maximum Gasteiger partial charge on any atom is 0.352 e. The average molecular weight is 241 g/mol. The topological polar surface area (TPSA) is 42.2 Å². The summed E-state index contributed by atoms with van der Waals surface area (Å²) in [4.78, 5) is 10.8. The van der Waals surface area contributed by atoms with Crippen LogP contribution < -0.4 is 0 Å². The van der Waals surface area contributed by atoms with Crippen LogP contribution in [0, 0.1) is 17.5 Å². The first-order chi connectivity index (χ1) is 8.00. The zero-order valence-corrected chi connectivity index (χ0v) is 8.32. The molecule has 6 heteroatoms. The lowest BCUT2D eigenvalue weighted by Gasteiger charge is -2.08. The van der Waals surface area contributed by atoms with E-state index in [0.717, 1.165) is 10.6 Å². The van der Waals surface area contributed by atoms with Gasteiger partial charge in [0, 0.05) is 18.3 Å². The Labute approximate surface area is 93.7 Å². The summed E-state index contributed by atoms with van der Waals surface area (Å²) in [5.74, 6) is -4.97. The number of rotatable bonds is 2. The van der Waals surface area contributed by atoms with Crippen molar-refractivity contribution in [3.8, 4) is 5.69 Å². The Balaban J connectivity index is 2.68. The summed E-state index contributed by atoms with van der Waals surface area (Å²) < 4.78 is 40.3. The number of carboxylic acid groups (broad SMARTS) is 1. The molecular weight excluding hydrogens is 235 g/mol. The van der Waals surface area contributed by atoms with E-state index in [1.165, 1.54) is 18.3 Å². The van der Waals surface area contributed by atoms with E-state index < -0.39 is 29.1 Å². The van der Waals surface area contributed by atoms with E-state index in [-0.39, 0.29) is 5.69 Å². The smallest absolute Gasteiger partial charge is 0.352 e. The summed E-state index contributed by atoms with van der Waals surface area (Å²) in [6, 6.07) is 3.66. The van der Waals surface area contributed by atoms with E-state index in [4.69, 9.17) is 5.11 Å². The summed E-state index contributed by atoms with van der Waals surface area (Å²) >= 11 is 0. The maximum absolute atomic E-state index is 13.4. The van der Waals surface area contributed by atoms with Gasteiger partial charge < -0.3 is 9.67 Å². The van der Waals surface area contributed by atoms with Crippen molar-refractivity contribution < 1.29 is 23.1 Å². The van der Waals surface area contributed by atoms with E-state index in [1.807, 2.05) is 0 Å². The molecule has 0 aliphatic heterocycles. The fourth-order valence-corrected chi connectivity index (χ4v) is 1.48. The van der Waals surface area contributed by atoms with Crippen molar-refractivity contribution in [3.05, 3.63) is 53.6 Å². The number of carbonyl (C=O) groups is 1. The van der Waals surface area contributed by atoms with Gasteiger partial charge in [-0.05, 0) is 12.1 Å². The van der Waals surface area contributed by atoms with Crippen molar-refractivity contribution in [2.75, 3.05) is 0 Å². The van der Waals surface area contributed by atoms with Gasteiger partial charge in [-0.2, -0.15) is 0 Å². The van der Waals surface area contributed by atoms with Crippen molar-refractivity contribution in [1.29, 1.82) is 0 Å². The Hall–Kier alpha value is -2.24. The third-order valence-corrected chi connectivity index (χ3v) is 2.20. The van der Waals surface area contributed by atoms with Crippen LogP contribution in [-0.2, 0) is 0 Å². The molecule has 0 saturated heterocycles. The molecular formula is C11H6F3NO2. The molecule has 1 aromatic carbocycles. The van der Waals surface area contributed by atoms with Gasteiger partial charge in [0.15, 0.2) is 11.6 Å². The van der Waals surface area contributed by atoms with Gasteiger partial charge in [-0.1, -0.05) is 0 Å². The number of aromatic nitrogens is 1. The molecule has 0 unspecified atom stereocenters. The Bertz CT molecular complexity index is 592. The zero-order valence-electron chi connectivity index (χ0n) is 8.32. The quantitative estimate of drug-likeness (QED) is 0.821. The molecule has 1 aromatic heterocycles. The number of nitrogens with zero attached hydrogens (tertiary/aromatic N) is 1. The summed E-state index contributed by atoms with van der Waals surface area (Å²) in [5, 5.41) is 8.81. The molecule has 88 valence electrons. The van der Waals surface area contributed by atoms with Gasteiger partial charge in [-0.25, -0.2) is 18.0 Å². The minimum absolute atomic E-state index is 0.283. The van der Waals surface area contributed by atoms with Gasteiger partial charge >= 0.3 is 5.97 Å². The third kappa shape index (κ3) is 1.89. The summed E-state index contributed by atoms with van der Waals surface area (Å²) in [7, 11) is 0. The number of hydrogen-bond acceptors (Lipinski definition) is 1. The van der Waals surface area contributed by atoms with Gasteiger partial charge in [-0.15, -0.1) is 0 Å². The van der Waals surface area contributed by atoms with E-state index in [0.29, 0.717) is 6.07 Å². The second kappa shape index (κ2) is 3.97. The lowest BCUT2D eigenvalue weighted by Crippen LogP contribution is -2.08. The molecule has 2 rings (SSSR count). The van der Waals surface area contributed by atoms with E-state index in [1.54, 1.807) is 0 Å². The highest BCUT2D eigenvalue weighted by atomic mass is 19.2. The molecule has 0 atom stereocenters. The van der Waals surface area contributed by atoms with Crippen LogP contribution in [0.3, 0.4) is 0 Å². The average Bonchev–Trinajstić information content (AvgIpc) is 2.72. The number of carboxylic acids is 1. The van der Waals surface area contributed by atoms with E-state index in [9.17, 15) is 18.0 Å². The van der Waals surface area contributed by atoms with Crippen LogP contribution in [0.25, 0.3) is 5.69 Å². The zero-order chi connectivity index (χ0) is 12.6. The number of aromatic carboxylic acids is 1. The molecule has 0 bridgehead atoms. The SMILES string of the molecule is O=C(O)c1cccn1-c1cc(F)cc(F)c1F. The van der Waals surface area contributed by atoms with E-state index >= 15 is 0 Å². The Kier molecular flexibility index (Phi) is 2.63. The fraction of sp³-hybridized carbons (Fsp3) is 0. The number of halogens is 3. The van der Waals surface area contributed by atoms with Crippen molar-refractivity contribution in [2.24, 2.45) is 0 Å². The highest BCUT2D eigenvalue weighted by molar-refractivity contribution is 5.86. The molecule has 1 N–H and O–H groups in total. The Morgan fingerprint density at radius 1 is 1.24 bits per heavy atom. The first kappa shape index (κ1) is 11.3. The van der Waals surface area contributed by atoms with Gasteiger partial charge in [0.1, 0.15) is 11.5 Å². The van der Waals surface area contributed by atoms with Gasteiger partial charge in [0.05, 0.1) is 5.69 Å². The van der Waals surface area contributed by atoms with Crippen molar-refractivity contribution >= 4 is 5.97 Å². The molecule has 0 radical (unpaired) electrons. The summed E-state index contributed by atoms with van der Waals surface area (Å²) in [5.41, 5.74) is -0.765.